The number of urea groups is 1. The molecule has 0 radical (unpaired) electrons. The van der Waals surface area contributed by atoms with E-state index in [0.717, 1.165) is 6.42 Å². The van der Waals surface area contributed by atoms with Crippen LogP contribution < -0.4 is 25.8 Å². The molecule has 1 aliphatic rings. The van der Waals surface area contributed by atoms with Crippen LogP contribution in [-0.2, 0) is 0 Å². The third-order valence-corrected chi connectivity index (χ3v) is 3.79. The van der Waals surface area contributed by atoms with Crippen LogP contribution in [0.25, 0.3) is 0 Å². The van der Waals surface area contributed by atoms with E-state index in [-0.39, 0.29) is 5.91 Å². The highest BCUT2D eigenvalue weighted by Crippen LogP contribution is 2.37. The Balaban J connectivity index is 1.81. The van der Waals surface area contributed by atoms with Crippen molar-refractivity contribution in [3.63, 3.8) is 0 Å². The summed E-state index contributed by atoms with van der Waals surface area (Å²) in [6, 6.07) is 8.92. The van der Waals surface area contributed by atoms with Crippen molar-refractivity contribution in [1.29, 1.82) is 0 Å². The summed E-state index contributed by atoms with van der Waals surface area (Å²) in [6.07, 6.45) is 0.771. The van der Waals surface area contributed by atoms with Crippen LogP contribution in [0.1, 0.15) is 16.8 Å². The summed E-state index contributed by atoms with van der Waals surface area (Å²) in [6.45, 7) is 1.08. The summed E-state index contributed by atoms with van der Waals surface area (Å²) in [5.74, 6) is 0.694. The van der Waals surface area contributed by atoms with Crippen molar-refractivity contribution in [2.45, 2.75) is 6.42 Å². The Morgan fingerprint density at radius 1 is 1.04 bits per heavy atom. The van der Waals surface area contributed by atoms with Crippen LogP contribution in [0.2, 0.25) is 5.02 Å². The molecule has 4 N–H and O–H groups in total. The molecule has 0 atom stereocenters. The van der Waals surface area contributed by atoms with Gasteiger partial charge in [-0.1, -0.05) is 17.7 Å². The molecule has 0 fully saturated rings. The molecule has 0 aromatic heterocycles. The van der Waals surface area contributed by atoms with Crippen LogP contribution in [0.5, 0.6) is 11.5 Å². The first kappa shape index (κ1) is 16.9. The Kier molecular flexibility index (Phi) is 4.95. The second kappa shape index (κ2) is 7.31. The smallest absolute Gasteiger partial charge is 0.316 e. The number of anilines is 2. The zero-order valence-corrected chi connectivity index (χ0v) is 13.9. The van der Waals surface area contributed by atoms with Gasteiger partial charge in [0.05, 0.1) is 23.9 Å². The fraction of sp³-hybridized carbons (Fsp3) is 0.176. The fourth-order valence-electron chi connectivity index (χ4n) is 2.35. The summed E-state index contributed by atoms with van der Waals surface area (Å²) in [5, 5.41) is 5.48. The van der Waals surface area contributed by atoms with Crippen molar-refractivity contribution < 1.29 is 19.1 Å². The van der Waals surface area contributed by atoms with Crippen molar-refractivity contribution in [3.05, 3.63) is 47.0 Å². The molecule has 3 amide bonds. The van der Waals surface area contributed by atoms with Gasteiger partial charge in [-0.05, 0) is 18.2 Å². The lowest BCUT2D eigenvalue weighted by Gasteiger charge is -2.13. The molecule has 2 aromatic rings. The monoisotopic (exact) mass is 361 g/mol. The molecule has 0 spiro atoms. The molecule has 7 nitrogen and oxygen atoms in total. The number of halogens is 1. The molecule has 2 aromatic carbocycles. The van der Waals surface area contributed by atoms with Gasteiger partial charge in [-0.25, -0.2) is 4.79 Å². The van der Waals surface area contributed by atoms with E-state index in [1.54, 1.807) is 30.3 Å². The highest BCUT2D eigenvalue weighted by atomic mass is 35.5. The van der Waals surface area contributed by atoms with Crippen molar-refractivity contribution >= 4 is 34.9 Å². The van der Waals surface area contributed by atoms with Gasteiger partial charge in [0.1, 0.15) is 0 Å². The van der Waals surface area contributed by atoms with E-state index in [2.05, 4.69) is 10.6 Å². The van der Waals surface area contributed by atoms with Crippen molar-refractivity contribution in [3.8, 4) is 11.5 Å². The number of hydrogen-bond acceptors (Lipinski definition) is 4. The molecule has 25 heavy (non-hydrogen) atoms. The van der Waals surface area contributed by atoms with E-state index in [9.17, 15) is 9.59 Å². The highest BCUT2D eigenvalue weighted by molar-refractivity contribution is 6.34. The molecule has 1 heterocycles. The van der Waals surface area contributed by atoms with E-state index in [4.69, 9.17) is 26.8 Å². The number of carbonyl (C=O) groups is 2. The third kappa shape index (κ3) is 4.13. The number of nitrogens with two attached hydrogens (primary N) is 1. The van der Waals surface area contributed by atoms with E-state index >= 15 is 0 Å². The van der Waals surface area contributed by atoms with Gasteiger partial charge in [-0.3, -0.25) is 4.79 Å². The molecule has 0 saturated carbocycles. The first-order chi connectivity index (χ1) is 12.0. The Morgan fingerprint density at radius 2 is 1.76 bits per heavy atom. The second-order valence-corrected chi connectivity index (χ2v) is 5.76. The zero-order chi connectivity index (χ0) is 17.8. The van der Waals surface area contributed by atoms with E-state index in [0.29, 0.717) is 46.7 Å². The van der Waals surface area contributed by atoms with Crippen LogP contribution in [0.4, 0.5) is 16.2 Å². The highest BCUT2D eigenvalue weighted by Gasteiger charge is 2.16. The van der Waals surface area contributed by atoms with Crippen molar-refractivity contribution in [2.75, 3.05) is 23.8 Å². The lowest BCUT2D eigenvalue weighted by Crippen LogP contribution is -2.20. The number of carbonyl (C=O) groups excluding carboxylic acids is 2. The Labute approximate surface area is 149 Å². The minimum atomic E-state index is -0.705. The maximum absolute atomic E-state index is 12.5. The Hall–Kier alpha value is -2.93. The van der Waals surface area contributed by atoms with Crippen LogP contribution >= 0.6 is 11.6 Å². The summed E-state index contributed by atoms with van der Waals surface area (Å²) in [5.41, 5.74) is 6.25. The van der Waals surface area contributed by atoms with Crippen LogP contribution in [0.15, 0.2) is 36.4 Å². The molecule has 8 heteroatoms. The molecular formula is C17H16ClN3O4. The van der Waals surface area contributed by atoms with Gasteiger partial charge in [0.2, 0.25) is 0 Å². The first-order valence-corrected chi connectivity index (χ1v) is 7.98. The number of ether oxygens (including phenoxy) is 2. The maximum atomic E-state index is 12.5. The molecule has 0 unspecified atom stereocenters. The number of hydrogen-bond donors (Lipinski definition) is 3. The second-order valence-electron chi connectivity index (χ2n) is 5.35. The van der Waals surface area contributed by atoms with Gasteiger partial charge < -0.3 is 25.8 Å². The molecule has 0 aliphatic carbocycles. The third-order valence-electron chi connectivity index (χ3n) is 3.48. The quantitative estimate of drug-likeness (QED) is 0.780. The molecule has 0 saturated heterocycles. The Bertz CT molecular complexity index is 826. The standard InChI is InChI=1S/C17H16ClN3O4/c18-12-8-14-15(25-6-2-5-24-14)9-13(12)21-16(22)10-3-1-4-11(7-10)20-17(19)23/h1,3-4,7-9H,2,5-6H2,(H,21,22)(H3,19,20,23). The van der Waals surface area contributed by atoms with Gasteiger partial charge in [0, 0.05) is 29.8 Å². The maximum Gasteiger partial charge on any atom is 0.316 e. The zero-order valence-electron chi connectivity index (χ0n) is 13.2. The average molecular weight is 362 g/mol. The molecule has 1 aliphatic heterocycles. The number of fused-ring (bicyclic) bond motifs is 1. The van der Waals surface area contributed by atoms with Gasteiger partial charge in [-0.15, -0.1) is 0 Å². The summed E-state index contributed by atoms with van der Waals surface area (Å²) in [4.78, 5) is 23.4. The minimum absolute atomic E-state index is 0.337. The first-order valence-electron chi connectivity index (χ1n) is 7.60. The normalized spacial score (nSPS) is 12.8. The largest absolute Gasteiger partial charge is 0.490 e. The minimum Gasteiger partial charge on any atom is -0.490 e. The van der Waals surface area contributed by atoms with E-state index in [1.165, 1.54) is 6.07 Å². The number of amides is 3. The van der Waals surface area contributed by atoms with Crippen LogP contribution in [0.3, 0.4) is 0 Å². The predicted octanol–water partition coefficient (Wildman–Crippen LogP) is 3.24. The van der Waals surface area contributed by atoms with Crippen molar-refractivity contribution in [2.24, 2.45) is 5.73 Å². The molecule has 3 rings (SSSR count). The molecule has 130 valence electrons. The summed E-state index contributed by atoms with van der Waals surface area (Å²) >= 11 is 6.22. The van der Waals surface area contributed by atoms with Crippen LogP contribution in [-0.4, -0.2) is 25.2 Å². The van der Waals surface area contributed by atoms with Crippen LogP contribution in [0, 0.1) is 0 Å². The SMILES string of the molecule is NC(=O)Nc1cccc(C(=O)Nc2cc3c(cc2Cl)OCCCO3)c1. The fourth-order valence-corrected chi connectivity index (χ4v) is 2.56. The topological polar surface area (TPSA) is 103 Å². The lowest BCUT2D eigenvalue weighted by atomic mass is 10.1. The summed E-state index contributed by atoms with van der Waals surface area (Å²) < 4.78 is 11.2. The number of benzene rings is 2. The van der Waals surface area contributed by atoms with Gasteiger partial charge in [0.15, 0.2) is 11.5 Å². The number of rotatable bonds is 3. The molecular weight excluding hydrogens is 346 g/mol. The Morgan fingerprint density at radius 3 is 2.48 bits per heavy atom. The van der Waals surface area contributed by atoms with E-state index in [1.807, 2.05) is 0 Å². The predicted molar refractivity (Wildman–Crippen MR) is 94.7 cm³/mol. The van der Waals surface area contributed by atoms with E-state index < -0.39 is 6.03 Å². The van der Waals surface area contributed by atoms with Gasteiger partial charge in [0.25, 0.3) is 5.91 Å². The lowest BCUT2D eigenvalue weighted by molar-refractivity contribution is 0.102. The van der Waals surface area contributed by atoms with Gasteiger partial charge in [-0.2, -0.15) is 0 Å². The van der Waals surface area contributed by atoms with Crippen molar-refractivity contribution in [1.82, 2.24) is 0 Å². The van der Waals surface area contributed by atoms with Gasteiger partial charge >= 0.3 is 6.03 Å². The average Bonchev–Trinajstić information content (AvgIpc) is 2.79. The number of primary amides is 1. The molecule has 0 bridgehead atoms. The summed E-state index contributed by atoms with van der Waals surface area (Å²) in [7, 11) is 0. The number of nitrogens with one attached hydrogen (secondary N) is 2.